The number of aromatic nitrogens is 2. The summed E-state index contributed by atoms with van der Waals surface area (Å²) in [5, 5.41) is 2.74. The third-order valence-electron chi connectivity index (χ3n) is 4.15. The van der Waals surface area contributed by atoms with Crippen molar-refractivity contribution in [3.63, 3.8) is 0 Å². The zero-order valence-electron chi connectivity index (χ0n) is 13.4. The van der Waals surface area contributed by atoms with Gasteiger partial charge >= 0.3 is 0 Å². The van der Waals surface area contributed by atoms with Gasteiger partial charge in [-0.05, 0) is 25.7 Å². The molecule has 0 spiro atoms. The van der Waals surface area contributed by atoms with Crippen LogP contribution in [-0.4, -0.2) is 60.0 Å². The molecule has 2 aliphatic rings. The van der Waals surface area contributed by atoms with Gasteiger partial charge in [0, 0.05) is 32.3 Å². The second kappa shape index (κ2) is 7.04. The average molecular weight is 318 g/mol. The van der Waals surface area contributed by atoms with Crippen LogP contribution in [0.25, 0.3) is 0 Å². The number of aryl methyl sites for hydroxylation is 1. The summed E-state index contributed by atoms with van der Waals surface area (Å²) in [6.07, 6.45) is 5.48. The first-order valence-corrected chi connectivity index (χ1v) is 8.09. The molecule has 1 aromatic heterocycles. The minimum atomic E-state index is -0.172. The van der Waals surface area contributed by atoms with Gasteiger partial charge in [0.1, 0.15) is 5.82 Å². The second-order valence-electron chi connectivity index (χ2n) is 6.04. The number of nitrogens with one attached hydrogen (secondary N) is 1. The van der Waals surface area contributed by atoms with E-state index in [9.17, 15) is 9.59 Å². The molecule has 0 radical (unpaired) electrons. The lowest BCUT2D eigenvalue weighted by molar-refractivity contribution is -0.122. The van der Waals surface area contributed by atoms with Crippen molar-refractivity contribution in [2.75, 3.05) is 33.4 Å². The minimum Gasteiger partial charge on any atom is -0.383 e. The van der Waals surface area contributed by atoms with Crippen molar-refractivity contribution in [2.24, 2.45) is 0 Å². The van der Waals surface area contributed by atoms with E-state index in [4.69, 9.17) is 4.74 Å². The van der Waals surface area contributed by atoms with Crippen LogP contribution in [0.2, 0.25) is 0 Å². The van der Waals surface area contributed by atoms with Crippen LogP contribution in [0.5, 0.6) is 0 Å². The van der Waals surface area contributed by atoms with Crippen molar-refractivity contribution >= 4 is 11.8 Å². The Labute approximate surface area is 135 Å². The average Bonchev–Trinajstić information content (AvgIpc) is 3.38. The van der Waals surface area contributed by atoms with Gasteiger partial charge in [-0.15, -0.1) is 0 Å². The second-order valence-corrected chi connectivity index (χ2v) is 6.04. The minimum absolute atomic E-state index is 0.0619. The number of fused-ring (bicyclic) bond motifs is 1. The van der Waals surface area contributed by atoms with E-state index in [1.807, 2.05) is 0 Å². The van der Waals surface area contributed by atoms with Gasteiger partial charge in [-0.25, -0.2) is 9.97 Å². The topological polar surface area (TPSA) is 84.4 Å². The fourth-order valence-electron chi connectivity index (χ4n) is 2.72. The maximum atomic E-state index is 12.6. The molecule has 0 saturated heterocycles. The molecule has 0 aromatic carbocycles. The molecule has 1 aromatic rings. The zero-order valence-corrected chi connectivity index (χ0v) is 13.4. The first-order chi connectivity index (χ1) is 11.2. The lowest BCUT2D eigenvalue weighted by Gasteiger charge is -2.20. The summed E-state index contributed by atoms with van der Waals surface area (Å²) >= 11 is 0. The highest BCUT2D eigenvalue weighted by Gasteiger charge is 2.30. The first kappa shape index (κ1) is 15.9. The van der Waals surface area contributed by atoms with Crippen molar-refractivity contribution < 1.29 is 14.3 Å². The molecular formula is C16H22N4O3. The standard InChI is InChI=1S/C16H22N4O3/c1-23-8-6-17-14(21)10-20-7-2-3-13-12(16(20)22)9-18-15(19-13)11-4-5-11/h9,11H,2-8,10H2,1H3,(H,17,21). The molecular weight excluding hydrogens is 296 g/mol. The van der Waals surface area contributed by atoms with E-state index >= 15 is 0 Å². The molecule has 23 heavy (non-hydrogen) atoms. The molecule has 0 atom stereocenters. The molecule has 2 amide bonds. The van der Waals surface area contributed by atoms with Gasteiger partial charge < -0.3 is 15.0 Å². The van der Waals surface area contributed by atoms with Crippen LogP contribution in [0.4, 0.5) is 0 Å². The lowest BCUT2D eigenvalue weighted by atomic mass is 10.1. The van der Waals surface area contributed by atoms with Crippen molar-refractivity contribution in [1.82, 2.24) is 20.2 Å². The van der Waals surface area contributed by atoms with Gasteiger partial charge in [0.15, 0.2) is 0 Å². The number of carbonyl (C=O) groups excluding carboxylic acids is 2. The number of nitrogens with zero attached hydrogens (tertiary/aromatic N) is 3. The van der Waals surface area contributed by atoms with Gasteiger partial charge in [0.2, 0.25) is 5.91 Å². The molecule has 2 heterocycles. The van der Waals surface area contributed by atoms with Crippen molar-refractivity contribution in [2.45, 2.75) is 31.6 Å². The van der Waals surface area contributed by atoms with Gasteiger partial charge in [0.25, 0.3) is 5.91 Å². The molecule has 1 aliphatic carbocycles. The molecule has 124 valence electrons. The molecule has 7 heteroatoms. The third kappa shape index (κ3) is 3.85. The predicted octanol–water partition coefficient (Wildman–Crippen LogP) is 0.505. The maximum absolute atomic E-state index is 12.6. The van der Waals surface area contributed by atoms with Crippen LogP contribution in [0.3, 0.4) is 0 Å². The number of ether oxygens (including phenoxy) is 1. The van der Waals surface area contributed by atoms with E-state index < -0.39 is 0 Å². The fourth-order valence-corrected chi connectivity index (χ4v) is 2.72. The van der Waals surface area contributed by atoms with Crippen LogP contribution < -0.4 is 5.32 Å². The highest BCUT2D eigenvalue weighted by atomic mass is 16.5. The summed E-state index contributed by atoms with van der Waals surface area (Å²) < 4.78 is 4.89. The number of rotatable bonds is 6. The highest BCUT2D eigenvalue weighted by Crippen LogP contribution is 2.38. The Morgan fingerprint density at radius 2 is 2.30 bits per heavy atom. The Bertz CT molecular complexity index is 601. The van der Waals surface area contributed by atoms with Gasteiger partial charge in [-0.2, -0.15) is 0 Å². The highest BCUT2D eigenvalue weighted by molar-refractivity contribution is 5.97. The quantitative estimate of drug-likeness (QED) is 0.772. The number of methoxy groups -OCH3 is 1. The zero-order chi connectivity index (χ0) is 16.2. The van der Waals surface area contributed by atoms with Gasteiger partial charge in [-0.3, -0.25) is 9.59 Å². The number of hydrogen-bond donors (Lipinski definition) is 1. The van der Waals surface area contributed by atoms with E-state index in [-0.39, 0.29) is 18.4 Å². The summed E-state index contributed by atoms with van der Waals surface area (Å²) in [5.41, 5.74) is 1.37. The Balaban J connectivity index is 1.67. The normalized spacial score (nSPS) is 17.6. The Hall–Kier alpha value is -2.02. The van der Waals surface area contributed by atoms with Crippen molar-refractivity contribution in [3.05, 3.63) is 23.3 Å². The molecule has 0 bridgehead atoms. The Kier molecular flexibility index (Phi) is 4.85. The lowest BCUT2D eigenvalue weighted by Crippen LogP contribution is -2.41. The van der Waals surface area contributed by atoms with E-state index in [0.717, 1.165) is 37.2 Å². The number of amides is 2. The van der Waals surface area contributed by atoms with Crippen LogP contribution in [-0.2, 0) is 16.0 Å². The molecule has 3 rings (SSSR count). The molecule has 1 N–H and O–H groups in total. The molecule has 1 fully saturated rings. The first-order valence-electron chi connectivity index (χ1n) is 8.09. The Morgan fingerprint density at radius 3 is 3.04 bits per heavy atom. The number of carbonyl (C=O) groups is 2. The van der Waals surface area contributed by atoms with E-state index in [2.05, 4.69) is 15.3 Å². The fraction of sp³-hybridized carbons (Fsp3) is 0.625. The summed E-state index contributed by atoms with van der Waals surface area (Å²) in [7, 11) is 1.58. The van der Waals surface area contributed by atoms with Crippen LogP contribution in [0.15, 0.2) is 6.20 Å². The van der Waals surface area contributed by atoms with E-state index in [0.29, 0.717) is 31.2 Å². The summed E-state index contributed by atoms with van der Waals surface area (Å²) in [6.45, 7) is 1.53. The molecule has 0 unspecified atom stereocenters. The predicted molar refractivity (Wildman–Crippen MR) is 83.1 cm³/mol. The van der Waals surface area contributed by atoms with E-state index in [1.54, 1.807) is 18.2 Å². The van der Waals surface area contributed by atoms with Crippen LogP contribution >= 0.6 is 0 Å². The summed E-state index contributed by atoms with van der Waals surface area (Å²) in [5.74, 6) is 1.01. The SMILES string of the molecule is COCCNC(=O)CN1CCCc2nc(C3CC3)ncc2C1=O. The van der Waals surface area contributed by atoms with Gasteiger partial charge in [0.05, 0.1) is 24.4 Å². The smallest absolute Gasteiger partial charge is 0.257 e. The maximum Gasteiger partial charge on any atom is 0.257 e. The van der Waals surface area contributed by atoms with E-state index in [1.165, 1.54) is 0 Å². The van der Waals surface area contributed by atoms with Crippen molar-refractivity contribution in [3.8, 4) is 0 Å². The van der Waals surface area contributed by atoms with Crippen LogP contribution in [0, 0.1) is 0 Å². The molecule has 1 saturated carbocycles. The molecule has 1 aliphatic heterocycles. The third-order valence-corrected chi connectivity index (χ3v) is 4.15. The van der Waals surface area contributed by atoms with Gasteiger partial charge in [-0.1, -0.05) is 0 Å². The largest absolute Gasteiger partial charge is 0.383 e. The summed E-state index contributed by atoms with van der Waals surface area (Å²) in [4.78, 5) is 35.1. The number of hydrogen-bond acceptors (Lipinski definition) is 5. The summed E-state index contributed by atoms with van der Waals surface area (Å²) in [6, 6.07) is 0. The van der Waals surface area contributed by atoms with Crippen LogP contribution in [0.1, 0.15) is 47.1 Å². The molecule has 7 nitrogen and oxygen atoms in total. The monoisotopic (exact) mass is 318 g/mol. The van der Waals surface area contributed by atoms with Crippen molar-refractivity contribution in [1.29, 1.82) is 0 Å². The Morgan fingerprint density at radius 1 is 1.48 bits per heavy atom.